The smallest absolute Gasteiger partial charge is 0.227 e. The number of aliphatic imine (C=N–C) groups is 1. The maximum atomic E-state index is 11.5. The normalized spacial score (nSPS) is 17.6. The van der Waals surface area contributed by atoms with Gasteiger partial charge in [0.1, 0.15) is 17.7 Å². The van der Waals surface area contributed by atoms with Gasteiger partial charge in [-0.2, -0.15) is 0 Å². The van der Waals surface area contributed by atoms with Crippen molar-refractivity contribution < 1.29 is 14.3 Å². The third-order valence-corrected chi connectivity index (χ3v) is 6.20. The molecule has 0 unspecified atom stereocenters. The van der Waals surface area contributed by atoms with Crippen LogP contribution >= 0.6 is 0 Å². The van der Waals surface area contributed by atoms with Gasteiger partial charge in [-0.1, -0.05) is 44.1 Å². The van der Waals surface area contributed by atoms with Crippen molar-refractivity contribution in [3.05, 3.63) is 76.7 Å². The van der Waals surface area contributed by atoms with Crippen LogP contribution in [0.15, 0.2) is 59.5 Å². The average molecular weight is 402 g/mol. The van der Waals surface area contributed by atoms with Gasteiger partial charge in [-0.05, 0) is 55.5 Å². The molecule has 2 aromatic carbocycles. The van der Waals surface area contributed by atoms with Crippen molar-refractivity contribution in [3.63, 3.8) is 0 Å². The fraction of sp³-hybridized carbons (Fsp3) is 0.346. The molecule has 0 amide bonds. The summed E-state index contributed by atoms with van der Waals surface area (Å²) in [6, 6.07) is 13.6. The van der Waals surface area contributed by atoms with Gasteiger partial charge in [0.25, 0.3) is 0 Å². The number of ketones is 1. The number of hydrogen-bond donors (Lipinski definition) is 0. The highest BCUT2D eigenvalue weighted by molar-refractivity contribution is 6.00. The van der Waals surface area contributed by atoms with E-state index in [4.69, 9.17) is 14.5 Å². The number of rotatable bonds is 5. The highest BCUT2D eigenvalue weighted by Crippen LogP contribution is 2.43. The van der Waals surface area contributed by atoms with Crippen LogP contribution in [0.4, 0.5) is 0 Å². The van der Waals surface area contributed by atoms with Crippen molar-refractivity contribution in [3.8, 4) is 5.75 Å². The standard InChI is InChI=1S/C26H27NO3/c1-18(28)19-7-9-20(10-8-19)25-27-23(13-16-30-25)21-11-12-24(29-3)22(17-21)26(2)14-5-4-6-15-26/h7-12,16-17H,4-6,14-15H2,1-3H3. The number of carbonyl (C=O) groups is 1. The fourth-order valence-electron chi connectivity index (χ4n) is 4.36. The lowest BCUT2D eigenvalue weighted by atomic mass is 9.70. The Morgan fingerprint density at radius 1 is 1.07 bits per heavy atom. The summed E-state index contributed by atoms with van der Waals surface area (Å²) in [5, 5.41) is 0. The minimum absolute atomic E-state index is 0.0375. The Morgan fingerprint density at radius 3 is 2.43 bits per heavy atom. The second-order valence-electron chi connectivity index (χ2n) is 8.32. The van der Waals surface area contributed by atoms with E-state index in [1.165, 1.54) is 37.7 Å². The van der Waals surface area contributed by atoms with Gasteiger partial charge in [0, 0.05) is 22.3 Å². The molecular formula is C26H27NO3. The van der Waals surface area contributed by atoms with E-state index in [2.05, 4.69) is 18.7 Å². The van der Waals surface area contributed by atoms with Gasteiger partial charge in [0.2, 0.25) is 5.90 Å². The van der Waals surface area contributed by atoms with E-state index in [1.54, 1.807) is 32.4 Å². The molecule has 0 radical (unpaired) electrons. The van der Waals surface area contributed by atoms with Crippen molar-refractivity contribution in [2.45, 2.75) is 51.4 Å². The quantitative estimate of drug-likeness (QED) is 0.453. The van der Waals surface area contributed by atoms with Crippen LogP contribution in [0.2, 0.25) is 0 Å². The first kappa shape index (κ1) is 20.2. The predicted octanol–water partition coefficient (Wildman–Crippen LogP) is 6.05. The van der Waals surface area contributed by atoms with Crippen LogP contribution in [0.1, 0.15) is 73.0 Å². The molecule has 2 aromatic rings. The lowest BCUT2D eigenvalue weighted by Gasteiger charge is -2.35. The first-order valence-corrected chi connectivity index (χ1v) is 10.5. The van der Waals surface area contributed by atoms with Crippen LogP contribution in [-0.2, 0) is 10.2 Å². The van der Waals surface area contributed by atoms with Gasteiger partial charge >= 0.3 is 0 Å². The van der Waals surface area contributed by atoms with E-state index in [9.17, 15) is 4.79 Å². The molecule has 1 aliphatic heterocycles. The van der Waals surface area contributed by atoms with Gasteiger partial charge in [-0.25, -0.2) is 4.99 Å². The third kappa shape index (κ3) is 3.96. The van der Waals surface area contributed by atoms with Crippen molar-refractivity contribution in [1.29, 1.82) is 0 Å². The van der Waals surface area contributed by atoms with Crippen molar-refractivity contribution in [2.75, 3.05) is 7.11 Å². The lowest BCUT2D eigenvalue weighted by molar-refractivity contribution is 0.101. The van der Waals surface area contributed by atoms with Crippen LogP contribution in [0.5, 0.6) is 5.75 Å². The number of Topliss-reactive ketones (excluding diaryl/α,β-unsaturated/α-hetero) is 1. The van der Waals surface area contributed by atoms with Crippen LogP contribution in [0, 0.1) is 0 Å². The summed E-state index contributed by atoms with van der Waals surface area (Å²) in [4.78, 5) is 16.2. The molecule has 1 heterocycles. The maximum Gasteiger partial charge on any atom is 0.227 e. The highest BCUT2D eigenvalue weighted by Gasteiger charge is 2.32. The van der Waals surface area contributed by atoms with Crippen LogP contribution in [0.3, 0.4) is 0 Å². The fourth-order valence-corrected chi connectivity index (χ4v) is 4.36. The molecule has 1 saturated carbocycles. The van der Waals surface area contributed by atoms with E-state index in [-0.39, 0.29) is 11.2 Å². The maximum absolute atomic E-state index is 11.5. The molecule has 4 rings (SSSR count). The van der Waals surface area contributed by atoms with E-state index in [0.29, 0.717) is 11.5 Å². The van der Waals surface area contributed by atoms with Crippen LogP contribution in [-0.4, -0.2) is 18.8 Å². The molecule has 154 valence electrons. The molecular weight excluding hydrogens is 374 g/mol. The first-order chi connectivity index (χ1) is 14.5. The summed E-state index contributed by atoms with van der Waals surface area (Å²) in [7, 11) is 1.74. The number of hydrogen-bond acceptors (Lipinski definition) is 4. The van der Waals surface area contributed by atoms with Crippen molar-refractivity contribution >= 4 is 17.4 Å². The number of ether oxygens (including phenoxy) is 2. The molecule has 2 aliphatic rings. The second kappa shape index (κ2) is 8.33. The Balaban J connectivity index is 1.68. The van der Waals surface area contributed by atoms with Crippen LogP contribution in [0.25, 0.3) is 5.70 Å². The Kier molecular flexibility index (Phi) is 5.61. The monoisotopic (exact) mass is 401 g/mol. The Labute approximate surface area is 177 Å². The second-order valence-corrected chi connectivity index (χ2v) is 8.32. The summed E-state index contributed by atoms with van der Waals surface area (Å²) >= 11 is 0. The Hall–Kier alpha value is -3.10. The summed E-state index contributed by atoms with van der Waals surface area (Å²) in [5.41, 5.74) is 7.71. The van der Waals surface area contributed by atoms with Gasteiger partial charge in [-0.15, -0.1) is 0 Å². The molecule has 0 saturated heterocycles. The SMILES string of the molecule is COc1ccc(C2=C=COC(c3ccc(C(C)=O)cc3)=N2)cc1C1(C)CCCCC1. The molecule has 0 atom stereocenters. The lowest BCUT2D eigenvalue weighted by Crippen LogP contribution is -2.25. The zero-order valence-electron chi connectivity index (χ0n) is 17.8. The molecule has 0 spiro atoms. The molecule has 30 heavy (non-hydrogen) atoms. The molecule has 4 nitrogen and oxygen atoms in total. The summed E-state index contributed by atoms with van der Waals surface area (Å²) in [6.45, 7) is 3.90. The molecule has 1 fully saturated rings. The molecule has 0 N–H and O–H groups in total. The Bertz CT molecular complexity index is 1050. The number of methoxy groups -OCH3 is 1. The predicted molar refractivity (Wildman–Crippen MR) is 119 cm³/mol. The molecule has 4 heteroatoms. The zero-order valence-corrected chi connectivity index (χ0v) is 17.8. The summed E-state index contributed by atoms with van der Waals surface area (Å²) in [5.74, 6) is 1.47. The number of nitrogens with zero attached hydrogens (tertiary/aromatic N) is 1. The van der Waals surface area contributed by atoms with E-state index < -0.39 is 0 Å². The van der Waals surface area contributed by atoms with Crippen molar-refractivity contribution in [2.24, 2.45) is 4.99 Å². The summed E-state index contributed by atoms with van der Waals surface area (Å²) in [6.07, 6.45) is 7.68. The van der Waals surface area contributed by atoms with E-state index in [0.717, 1.165) is 22.6 Å². The van der Waals surface area contributed by atoms with Crippen molar-refractivity contribution in [1.82, 2.24) is 0 Å². The number of carbonyl (C=O) groups excluding carboxylic acids is 1. The Morgan fingerprint density at radius 2 is 1.77 bits per heavy atom. The number of benzene rings is 2. The molecule has 1 aliphatic carbocycles. The van der Waals surface area contributed by atoms with Gasteiger partial charge in [0.05, 0.1) is 7.11 Å². The minimum atomic E-state index is 0.0375. The molecule has 0 bridgehead atoms. The molecule has 0 aromatic heterocycles. The van der Waals surface area contributed by atoms with Gasteiger partial charge < -0.3 is 9.47 Å². The van der Waals surface area contributed by atoms with Gasteiger partial charge in [-0.3, -0.25) is 4.79 Å². The average Bonchev–Trinajstić information content (AvgIpc) is 2.79. The first-order valence-electron chi connectivity index (χ1n) is 10.5. The van der Waals surface area contributed by atoms with Gasteiger partial charge in [0.15, 0.2) is 5.78 Å². The topological polar surface area (TPSA) is 47.9 Å². The third-order valence-electron chi connectivity index (χ3n) is 6.20. The zero-order chi connectivity index (χ0) is 21.1. The van der Waals surface area contributed by atoms with E-state index >= 15 is 0 Å². The highest BCUT2D eigenvalue weighted by atomic mass is 16.5. The van der Waals surface area contributed by atoms with E-state index in [1.807, 2.05) is 24.3 Å². The summed E-state index contributed by atoms with van der Waals surface area (Å²) < 4.78 is 11.3. The van der Waals surface area contributed by atoms with Crippen LogP contribution < -0.4 is 4.74 Å². The largest absolute Gasteiger partial charge is 0.496 e. The minimum Gasteiger partial charge on any atom is -0.496 e.